The smallest absolute Gasteiger partial charge is 0.253 e. The summed E-state index contributed by atoms with van der Waals surface area (Å²) in [6.07, 6.45) is 1.62. The minimum atomic E-state index is -0.640. The molecule has 1 aliphatic rings. The lowest BCUT2D eigenvalue weighted by atomic mass is 9.79. The Labute approximate surface area is 186 Å². The third-order valence-electron chi connectivity index (χ3n) is 5.62. The number of benzene rings is 2. The highest BCUT2D eigenvalue weighted by molar-refractivity contribution is 6.01. The number of nitrogens with one attached hydrogen (secondary N) is 2. The minimum Gasteiger partial charge on any atom is -0.481 e. The maximum Gasteiger partial charge on any atom is 0.253 e. The summed E-state index contributed by atoms with van der Waals surface area (Å²) in [7, 11) is 1.55. The second-order valence-electron chi connectivity index (χ2n) is 7.84. The molecule has 0 spiro atoms. The molecule has 7 heteroatoms. The number of carbonyl (C=O) groups excluding carboxylic acids is 2. The average molecular weight is 431 g/mol. The van der Waals surface area contributed by atoms with Crippen molar-refractivity contribution in [1.29, 1.82) is 0 Å². The second kappa shape index (κ2) is 9.20. The number of fused-ring (bicyclic) bond motifs is 1. The van der Waals surface area contributed by atoms with Gasteiger partial charge in [-0.1, -0.05) is 42.0 Å². The van der Waals surface area contributed by atoms with Gasteiger partial charge in [-0.3, -0.25) is 14.4 Å². The number of ether oxygens (including phenoxy) is 1. The number of nitrogens with zero attached hydrogens (tertiary/aromatic N) is 1. The molecular weight excluding hydrogens is 406 g/mol. The van der Waals surface area contributed by atoms with Gasteiger partial charge < -0.3 is 10.1 Å². The van der Waals surface area contributed by atoms with Crippen LogP contribution in [-0.2, 0) is 16.2 Å². The van der Waals surface area contributed by atoms with E-state index in [9.17, 15) is 9.59 Å². The monoisotopic (exact) mass is 431 g/mol. The Bertz CT molecular complexity index is 1140. The molecule has 0 fully saturated rings. The molecule has 0 aliphatic carbocycles. The van der Waals surface area contributed by atoms with Crippen molar-refractivity contribution in [3.05, 3.63) is 94.2 Å². The molecule has 0 saturated heterocycles. The van der Waals surface area contributed by atoms with Crippen molar-refractivity contribution in [2.45, 2.75) is 32.4 Å². The van der Waals surface area contributed by atoms with E-state index < -0.39 is 12.0 Å². The van der Waals surface area contributed by atoms with Crippen LogP contribution in [0.25, 0.3) is 0 Å². The molecule has 2 aromatic carbocycles. The summed E-state index contributed by atoms with van der Waals surface area (Å²) in [5.41, 5.74) is 7.55. The Kier molecular flexibility index (Phi) is 6.18. The zero-order valence-corrected chi connectivity index (χ0v) is 18.2. The Morgan fingerprint density at radius 1 is 1.09 bits per heavy atom. The van der Waals surface area contributed by atoms with Gasteiger partial charge in [0.05, 0.1) is 19.1 Å². The molecule has 1 aromatic heterocycles. The number of pyridine rings is 1. The van der Waals surface area contributed by atoms with Gasteiger partial charge in [-0.05, 0) is 48.2 Å². The van der Waals surface area contributed by atoms with Crippen LogP contribution in [0, 0.1) is 13.8 Å². The van der Waals surface area contributed by atoms with E-state index >= 15 is 0 Å². The van der Waals surface area contributed by atoms with Crippen LogP contribution in [0.5, 0.6) is 5.88 Å². The maximum atomic E-state index is 13.3. The summed E-state index contributed by atoms with van der Waals surface area (Å²) in [6, 6.07) is 16.2. The van der Waals surface area contributed by atoms with Crippen molar-refractivity contribution in [2.75, 3.05) is 7.11 Å². The molecule has 32 heavy (non-hydrogen) atoms. The topological polar surface area (TPSA) is 89.5 Å². The number of carbonyl (C=O) groups is 2. The number of aromatic nitrogens is 1. The van der Waals surface area contributed by atoms with Crippen LogP contribution in [0.1, 0.15) is 50.1 Å². The third kappa shape index (κ3) is 4.33. The molecule has 4 rings (SSSR count). The van der Waals surface area contributed by atoms with Crippen LogP contribution in [-0.4, -0.2) is 23.9 Å². The van der Waals surface area contributed by atoms with Crippen molar-refractivity contribution in [3.8, 4) is 5.88 Å². The summed E-state index contributed by atoms with van der Waals surface area (Å²) in [5.74, 6) is -0.660. The quantitative estimate of drug-likeness (QED) is 0.583. The van der Waals surface area contributed by atoms with E-state index in [-0.39, 0.29) is 18.4 Å². The number of hydrogen-bond donors (Lipinski definition) is 2. The maximum absolute atomic E-state index is 13.3. The lowest BCUT2D eigenvalue weighted by Gasteiger charge is -2.34. The van der Waals surface area contributed by atoms with E-state index in [1.807, 2.05) is 50.2 Å². The lowest BCUT2D eigenvalue weighted by Crippen LogP contribution is -2.44. The van der Waals surface area contributed by atoms with E-state index in [0.29, 0.717) is 17.0 Å². The standard InChI is InChI=1S/C25H25N3O4/c1-15-8-10-18(16(2)12-15)23-22(19-6-4-5-7-20(19)24(29)27-23)25(30)28-32-14-17-9-11-21(31-3)26-13-17/h4-13,22-23H,14H2,1-3H3,(H,27,29)(H,28,30)/t22-,23+/m1/s1. The molecule has 2 N–H and O–H groups in total. The van der Waals surface area contributed by atoms with Crippen LogP contribution < -0.4 is 15.5 Å². The third-order valence-corrected chi connectivity index (χ3v) is 5.62. The normalized spacial score (nSPS) is 17.3. The van der Waals surface area contributed by atoms with Crippen molar-refractivity contribution in [3.63, 3.8) is 0 Å². The van der Waals surface area contributed by atoms with E-state index in [1.165, 1.54) is 0 Å². The summed E-state index contributed by atoms with van der Waals surface area (Å²) >= 11 is 0. The van der Waals surface area contributed by atoms with Crippen LogP contribution in [0.15, 0.2) is 60.8 Å². The van der Waals surface area contributed by atoms with Gasteiger partial charge in [0, 0.05) is 17.8 Å². The van der Waals surface area contributed by atoms with Crippen molar-refractivity contribution in [2.24, 2.45) is 0 Å². The summed E-state index contributed by atoms with van der Waals surface area (Å²) in [5, 5.41) is 3.02. The Balaban J connectivity index is 1.58. The highest BCUT2D eigenvalue weighted by Gasteiger charge is 2.39. The zero-order chi connectivity index (χ0) is 22.7. The molecule has 0 bridgehead atoms. The SMILES string of the molecule is COc1ccc(CONC(=O)[C@@H]2c3ccccc3C(=O)N[C@H]2c2ccc(C)cc2C)cn1. The first-order chi connectivity index (χ1) is 15.5. The van der Waals surface area contributed by atoms with E-state index in [2.05, 4.69) is 15.8 Å². The van der Waals surface area contributed by atoms with E-state index in [0.717, 1.165) is 22.3 Å². The predicted molar refractivity (Wildman–Crippen MR) is 119 cm³/mol. The number of rotatable bonds is 6. The van der Waals surface area contributed by atoms with Gasteiger partial charge in [-0.25, -0.2) is 10.5 Å². The van der Waals surface area contributed by atoms with Gasteiger partial charge in [0.15, 0.2) is 0 Å². The molecule has 2 amide bonds. The largest absolute Gasteiger partial charge is 0.481 e. The molecule has 2 atom stereocenters. The number of aryl methyl sites for hydroxylation is 2. The molecule has 7 nitrogen and oxygen atoms in total. The summed E-state index contributed by atoms with van der Waals surface area (Å²) in [4.78, 5) is 35.7. The Morgan fingerprint density at radius 3 is 2.62 bits per heavy atom. The van der Waals surface area contributed by atoms with Gasteiger partial charge >= 0.3 is 0 Å². The molecule has 3 aromatic rings. The van der Waals surface area contributed by atoms with Gasteiger partial charge in [0.2, 0.25) is 5.88 Å². The Morgan fingerprint density at radius 2 is 1.91 bits per heavy atom. The first-order valence-corrected chi connectivity index (χ1v) is 10.4. The van der Waals surface area contributed by atoms with Crippen molar-refractivity contribution >= 4 is 11.8 Å². The number of methoxy groups -OCH3 is 1. The molecule has 2 heterocycles. The fourth-order valence-corrected chi connectivity index (χ4v) is 4.05. The van der Waals surface area contributed by atoms with Crippen molar-refractivity contribution in [1.82, 2.24) is 15.8 Å². The number of hydroxylamine groups is 1. The van der Waals surface area contributed by atoms with E-state index in [1.54, 1.807) is 31.5 Å². The van der Waals surface area contributed by atoms with E-state index in [4.69, 9.17) is 9.57 Å². The van der Waals surface area contributed by atoms with Crippen LogP contribution in [0.2, 0.25) is 0 Å². The first kappa shape index (κ1) is 21.5. The fourth-order valence-electron chi connectivity index (χ4n) is 4.05. The molecular formula is C25H25N3O4. The summed E-state index contributed by atoms with van der Waals surface area (Å²) in [6.45, 7) is 4.15. The zero-order valence-electron chi connectivity index (χ0n) is 18.2. The fraction of sp³-hybridized carbons (Fsp3) is 0.240. The van der Waals surface area contributed by atoms with Crippen LogP contribution in [0.3, 0.4) is 0 Å². The number of amides is 2. The lowest BCUT2D eigenvalue weighted by molar-refractivity contribution is -0.137. The molecule has 1 aliphatic heterocycles. The summed E-state index contributed by atoms with van der Waals surface area (Å²) < 4.78 is 5.05. The van der Waals surface area contributed by atoms with Gasteiger partial charge in [0.25, 0.3) is 11.8 Å². The first-order valence-electron chi connectivity index (χ1n) is 10.4. The highest BCUT2D eigenvalue weighted by atomic mass is 16.6. The average Bonchev–Trinajstić information content (AvgIpc) is 2.79. The second-order valence-corrected chi connectivity index (χ2v) is 7.84. The van der Waals surface area contributed by atoms with Crippen LogP contribution >= 0.6 is 0 Å². The van der Waals surface area contributed by atoms with Crippen molar-refractivity contribution < 1.29 is 19.2 Å². The molecule has 0 radical (unpaired) electrons. The van der Waals surface area contributed by atoms with Crippen LogP contribution in [0.4, 0.5) is 0 Å². The molecule has 0 saturated carbocycles. The van der Waals surface area contributed by atoms with Gasteiger partial charge in [0.1, 0.15) is 6.61 Å². The molecule has 164 valence electrons. The van der Waals surface area contributed by atoms with Gasteiger partial charge in [-0.2, -0.15) is 0 Å². The predicted octanol–water partition coefficient (Wildman–Crippen LogP) is 3.52. The molecule has 0 unspecified atom stereocenters. The van der Waals surface area contributed by atoms with Gasteiger partial charge in [-0.15, -0.1) is 0 Å². The minimum absolute atomic E-state index is 0.150. The Hall–Kier alpha value is -3.71. The highest BCUT2D eigenvalue weighted by Crippen LogP contribution is 2.38. The number of hydrogen-bond acceptors (Lipinski definition) is 5.